The summed E-state index contributed by atoms with van der Waals surface area (Å²) in [7, 11) is 0. The van der Waals surface area contributed by atoms with Gasteiger partial charge in [0.2, 0.25) is 5.91 Å². The van der Waals surface area contributed by atoms with Crippen molar-refractivity contribution in [1.82, 2.24) is 5.32 Å². The normalized spacial score (nSPS) is 11.6. The highest BCUT2D eigenvalue weighted by Gasteiger charge is 2.06. The lowest BCUT2D eigenvalue weighted by Gasteiger charge is -2.09. The van der Waals surface area contributed by atoms with E-state index in [1.807, 2.05) is 31.2 Å². The first kappa shape index (κ1) is 19.9. The number of carbonyl (C=O) groups is 1. The Morgan fingerprint density at radius 3 is 2.62 bits per heavy atom. The minimum atomic E-state index is -0.486. The third-order valence-electron chi connectivity index (χ3n) is 2.72. The Morgan fingerprint density at radius 1 is 1.29 bits per heavy atom. The molecule has 0 fully saturated rings. The number of hydrogen-bond acceptors (Lipinski definition) is 4. The van der Waals surface area contributed by atoms with Gasteiger partial charge in [0.05, 0.1) is 25.9 Å². The molecule has 1 aromatic rings. The lowest BCUT2D eigenvalue weighted by atomic mass is 10.1. The molecular formula is C15H25ClN2O3. The summed E-state index contributed by atoms with van der Waals surface area (Å²) >= 11 is 0. The number of benzene rings is 1. The van der Waals surface area contributed by atoms with Crippen LogP contribution in [-0.4, -0.2) is 31.8 Å². The van der Waals surface area contributed by atoms with E-state index in [-0.39, 0.29) is 18.3 Å². The van der Waals surface area contributed by atoms with Gasteiger partial charge < -0.3 is 20.5 Å². The summed E-state index contributed by atoms with van der Waals surface area (Å²) in [4.78, 5) is 11.4. The molecule has 1 aromatic carbocycles. The summed E-state index contributed by atoms with van der Waals surface area (Å²) < 4.78 is 10.7. The lowest BCUT2D eigenvalue weighted by Crippen LogP contribution is -2.37. The molecule has 1 rings (SSSR count). The van der Waals surface area contributed by atoms with Crippen LogP contribution >= 0.6 is 12.4 Å². The van der Waals surface area contributed by atoms with E-state index < -0.39 is 6.04 Å². The van der Waals surface area contributed by atoms with Gasteiger partial charge in [-0.3, -0.25) is 4.79 Å². The van der Waals surface area contributed by atoms with E-state index in [9.17, 15) is 4.79 Å². The maximum Gasteiger partial charge on any atom is 0.236 e. The maximum absolute atomic E-state index is 11.4. The van der Waals surface area contributed by atoms with Crippen molar-refractivity contribution in [3.05, 3.63) is 35.4 Å². The van der Waals surface area contributed by atoms with Crippen molar-refractivity contribution in [2.24, 2.45) is 5.73 Å². The average molecular weight is 317 g/mol. The van der Waals surface area contributed by atoms with Crippen molar-refractivity contribution >= 4 is 18.3 Å². The van der Waals surface area contributed by atoms with Gasteiger partial charge in [0.1, 0.15) is 0 Å². The van der Waals surface area contributed by atoms with Crippen molar-refractivity contribution in [2.75, 3.05) is 19.8 Å². The number of halogens is 1. The second kappa shape index (κ2) is 11.5. The van der Waals surface area contributed by atoms with Gasteiger partial charge in [0.25, 0.3) is 0 Å². The number of carbonyl (C=O) groups excluding carboxylic acids is 1. The molecule has 0 spiro atoms. The first-order chi connectivity index (χ1) is 9.63. The van der Waals surface area contributed by atoms with Crippen LogP contribution in [0.5, 0.6) is 0 Å². The Balaban J connectivity index is 0.00000400. The Labute approximate surface area is 132 Å². The van der Waals surface area contributed by atoms with Gasteiger partial charge in [-0.15, -0.1) is 12.4 Å². The number of nitrogens with one attached hydrogen (secondary N) is 1. The summed E-state index contributed by atoms with van der Waals surface area (Å²) in [6, 6.07) is 7.44. The summed E-state index contributed by atoms with van der Waals surface area (Å²) in [5.74, 6) is -0.150. The molecule has 3 N–H and O–H groups in total. The van der Waals surface area contributed by atoms with Crippen LogP contribution in [0.2, 0.25) is 0 Å². The Kier molecular flexibility index (Phi) is 10.9. The van der Waals surface area contributed by atoms with Gasteiger partial charge in [0, 0.05) is 13.2 Å². The molecule has 1 atom stereocenters. The number of ether oxygens (including phenoxy) is 2. The van der Waals surface area contributed by atoms with Gasteiger partial charge in [-0.25, -0.2) is 0 Å². The molecule has 0 aromatic heterocycles. The van der Waals surface area contributed by atoms with Gasteiger partial charge in [0.15, 0.2) is 0 Å². The van der Waals surface area contributed by atoms with E-state index in [1.54, 1.807) is 6.92 Å². The molecular weight excluding hydrogens is 292 g/mol. The van der Waals surface area contributed by atoms with Crippen LogP contribution in [0.15, 0.2) is 24.3 Å². The van der Waals surface area contributed by atoms with Crippen LogP contribution in [0.1, 0.15) is 25.0 Å². The van der Waals surface area contributed by atoms with Crippen LogP contribution < -0.4 is 11.1 Å². The summed E-state index contributed by atoms with van der Waals surface area (Å²) in [5, 5.41) is 2.78. The number of amides is 1. The molecule has 0 saturated heterocycles. The van der Waals surface area contributed by atoms with Crippen molar-refractivity contribution in [3.8, 4) is 0 Å². The first-order valence-corrected chi connectivity index (χ1v) is 6.90. The predicted molar refractivity (Wildman–Crippen MR) is 85.3 cm³/mol. The maximum atomic E-state index is 11.4. The molecule has 6 heteroatoms. The van der Waals surface area contributed by atoms with E-state index in [0.717, 1.165) is 11.1 Å². The highest BCUT2D eigenvalue weighted by atomic mass is 35.5. The highest BCUT2D eigenvalue weighted by Crippen LogP contribution is 2.06. The average Bonchev–Trinajstić information content (AvgIpc) is 2.45. The van der Waals surface area contributed by atoms with E-state index in [2.05, 4.69) is 5.32 Å². The number of nitrogens with two attached hydrogens (primary N) is 1. The molecule has 5 nitrogen and oxygen atoms in total. The van der Waals surface area contributed by atoms with Crippen LogP contribution in [-0.2, 0) is 27.4 Å². The number of rotatable bonds is 9. The standard InChI is InChI=1S/C15H24N2O3.ClH/c1-3-19-7-8-20-11-14-6-4-5-13(9-14)10-17-15(18)12(2)16;/h4-6,9,12H,3,7-8,10-11,16H2,1-2H3,(H,17,18);1H/t12-;/m1./s1. The first-order valence-electron chi connectivity index (χ1n) is 6.90. The van der Waals surface area contributed by atoms with Gasteiger partial charge >= 0.3 is 0 Å². The van der Waals surface area contributed by atoms with Gasteiger partial charge in [-0.1, -0.05) is 24.3 Å². The smallest absolute Gasteiger partial charge is 0.236 e. The summed E-state index contributed by atoms with van der Waals surface area (Å²) in [6.07, 6.45) is 0. The molecule has 21 heavy (non-hydrogen) atoms. The van der Waals surface area contributed by atoms with E-state index in [0.29, 0.717) is 33.0 Å². The lowest BCUT2D eigenvalue weighted by molar-refractivity contribution is -0.122. The van der Waals surface area contributed by atoms with Crippen molar-refractivity contribution in [2.45, 2.75) is 33.0 Å². The van der Waals surface area contributed by atoms with Crippen LogP contribution in [0, 0.1) is 0 Å². The van der Waals surface area contributed by atoms with Gasteiger partial charge in [-0.2, -0.15) is 0 Å². The van der Waals surface area contributed by atoms with Crippen molar-refractivity contribution in [1.29, 1.82) is 0 Å². The third-order valence-corrected chi connectivity index (χ3v) is 2.72. The molecule has 0 aliphatic rings. The van der Waals surface area contributed by atoms with Crippen molar-refractivity contribution < 1.29 is 14.3 Å². The monoisotopic (exact) mass is 316 g/mol. The molecule has 120 valence electrons. The van der Waals surface area contributed by atoms with E-state index >= 15 is 0 Å². The molecule has 0 aliphatic heterocycles. The van der Waals surface area contributed by atoms with Crippen LogP contribution in [0.4, 0.5) is 0 Å². The molecule has 0 saturated carbocycles. The quantitative estimate of drug-likeness (QED) is 0.679. The van der Waals surface area contributed by atoms with Crippen LogP contribution in [0.3, 0.4) is 0 Å². The van der Waals surface area contributed by atoms with E-state index in [1.165, 1.54) is 0 Å². The largest absolute Gasteiger partial charge is 0.379 e. The minimum absolute atomic E-state index is 0. The minimum Gasteiger partial charge on any atom is -0.379 e. The zero-order valence-corrected chi connectivity index (χ0v) is 13.4. The SMILES string of the molecule is CCOCCOCc1cccc(CNC(=O)[C@@H](C)N)c1.Cl. The zero-order valence-electron chi connectivity index (χ0n) is 12.6. The molecule has 0 heterocycles. The Bertz CT molecular complexity index is 414. The second-order valence-electron chi connectivity index (χ2n) is 4.58. The zero-order chi connectivity index (χ0) is 14.8. The van der Waals surface area contributed by atoms with Crippen molar-refractivity contribution in [3.63, 3.8) is 0 Å². The fourth-order valence-corrected chi connectivity index (χ4v) is 1.63. The molecule has 0 bridgehead atoms. The fourth-order valence-electron chi connectivity index (χ4n) is 1.63. The Morgan fingerprint density at radius 2 is 1.95 bits per heavy atom. The highest BCUT2D eigenvalue weighted by molar-refractivity contribution is 5.85. The molecule has 0 unspecified atom stereocenters. The second-order valence-corrected chi connectivity index (χ2v) is 4.58. The fraction of sp³-hybridized carbons (Fsp3) is 0.533. The molecule has 0 radical (unpaired) electrons. The molecule has 0 aliphatic carbocycles. The number of hydrogen-bond donors (Lipinski definition) is 2. The predicted octanol–water partition coefficient (Wildman–Crippen LogP) is 1.62. The summed E-state index contributed by atoms with van der Waals surface area (Å²) in [6.45, 7) is 6.55. The topological polar surface area (TPSA) is 73.6 Å². The molecule has 1 amide bonds. The van der Waals surface area contributed by atoms with E-state index in [4.69, 9.17) is 15.2 Å². The summed E-state index contributed by atoms with van der Waals surface area (Å²) in [5.41, 5.74) is 7.60. The third kappa shape index (κ3) is 8.67. The Hall–Kier alpha value is -1.14. The van der Waals surface area contributed by atoms with Gasteiger partial charge in [-0.05, 0) is 25.0 Å². The van der Waals surface area contributed by atoms with Crippen LogP contribution in [0.25, 0.3) is 0 Å².